The zero-order chi connectivity index (χ0) is 18.6. The Hall–Kier alpha value is -2.31. The van der Waals surface area contributed by atoms with Gasteiger partial charge < -0.3 is 19.2 Å². The van der Waals surface area contributed by atoms with E-state index in [9.17, 15) is 9.59 Å². The first-order valence-electron chi connectivity index (χ1n) is 7.89. The van der Waals surface area contributed by atoms with Crippen molar-refractivity contribution in [2.24, 2.45) is 0 Å². The van der Waals surface area contributed by atoms with Crippen LogP contribution < -0.4 is 5.32 Å². The van der Waals surface area contributed by atoms with E-state index in [4.69, 9.17) is 13.9 Å². The molecule has 6 nitrogen and oxygen atoms in total. The van der Waals surface area contributed by atoms with Gasteiger partial charge in [0.2, 0.25) is 0 Å². The van der Waals surface area contributed by atoms with E-state index in [1.54, 1.807) is 18.2 Å². The number of methoxy groups -OCH3 is 2. The molecule has 1 aromatic heterocycles. The summed E-state index contributed by atoms with van der Waals surface area (Å²) in [5.74, 6) is 0.246. The van der Waals surface area contributed by atoms with Crippen LogP contribution in [0.25, 0.3) is 11.3 Å². The van der Waals surface area contributed by atoms with Gasteiger partial charge in [-0.1, -0.05) is 0 Å². The monoisotopic (exact) mass is 381 g/mol. The molecule has 1 heterocycles. The number of carbonyl (C=O) groups is 2. The summed E-state index contributed by atoms with van der Waals surface area (Å²) >= 11 is 0. The van der Waals surface area contributed by atoms with Gasteiger partial charge in [0.05, 0.1) is 31.9 Å². The maximum Gasteiger partial charge on any atom is 0.337 e. The summed E-state index contributed by atoms with van der Waals surface area (Å²) in [5.41, 5.74) is 1.08. The van der Waals surface area contributed by atoms with E-state index in [1.165, 1.54) is 20.3 Å². The number of hydrogen-bond donors (Lipinski definition) is 1. The molecule has 26 heavy (non-hydrogen) atoms. The molecule has 1 aromatic carbocycles. The highest BCUT2D eigenvalue weighted by Gasteiger charge is 2.17. The summed E-state index contributed by atoms with van der Waals surface area (Å²) in [6, 6.07) is 8.34. The third kappa shape index (κ3) is 5.61. The molecule has 0 saturated heterocycles. The number of esters is 2. The van der Waals surface area contributed by atoms with Crippen LogP contribution in [0.4, 0.5) is 0 Å². The molecule has 0 radical (unpaired) electrons. The second kappa shape index (κ2) is 8.87. The molecule has 2 aromatic rings. The van der Waals surface area contributed by atoms with Gasteiger partial charge in [-0.05, 0) is 51.1 Å². The highest BCUT2D eigenvalue weighted by atomic mass is 35.5. The van der Waals surface area contributed by atoms with Gasteiger partial charge in [-0.2, -0.15) is 0 Å². The second-order valence-electron chi connectivity index (χ2n) is 6.65. The minimum absolute atomic E-state index is 0. The first-order chi connectivity index (χ1) is 11.7. The molecule has 0 bridgehead atoms. The van der Waals surface area contributed by atoms with Gasteiger partial charge in [-0.3, -0.25) is 0 Å². The van der Waals surface area contributed by atoms with E-state index in [1.807, 2.05) is 6.07 Å². The fraction of sp³-hybridized carbons (Fsp3) is 0.368. The van der Waals surface area contributed by atoms with Gasteiger partial charge in [0, 0.05) is 11.1 Å². The topological polar surface area (TPSA) is 77.8 Å². The number of halogens is 1. The van der Waals surface area contributed by atoms with Gasteiger partial charge in [0.15, 0.2) is 0 Å². The standard InChI is InChI=1S/C19H23NO5.ClH/c1-19(2,3)20-11-15-6-7-16(25-15)12-8-13(17(21)23-4)10-14(9-12)18(22)24-5;/h6-10,20H,11H2,1-5H3;1H. The van der Waals surface area contributed by atoms with Crippen LogP contribution in [0.5, 0.6) is 0 Å². The Bertz CT molecular complexity index is 742. The lowest BCUT2D eigenvalue weighted by Gasteiger charge is -2.19. The van der Waals surface area contributed by atoms with Crippen molar-refractivity contribution in [1.82, 2.24) is 5.32 Å². The maximum absolute atomic E-state index is 11.9. The van der Waals surface area contributed by atoms with Crippen molar-refractivity contribution in [3.63, 3.8) is 0 Å². The molecule has 142 valence electrons. The number of nitrogens with one attached hydrogen (secondary N) is 1. The SMILES string of the molecule is COC(=O)c1cc(C(=O)OC)cc(-c2ccc(CNC(C)(C)C)o2)c1.Cl. The third-order valence-electron chi connectivity index (χ3n) is 3.51. The zero-order valence-corrected chi connectivity index (χ0v) is 16.4. The zero-order valence-electron chi connectivity index (χ0n) is 15.5. The Morgan fingerprint density at radius 3 is 2.00 bits per heavy atom. The minimum atomic E-state index is -0.534. The Morgan fingerprint density at radius 2 is 1.54 bits per heavy atom. The van der Waals surface area contributed by atoms with E-state index in [0.29, 0.717) is 17.9 Å². The highest BCUT2D eigenvalue weighted by molar-refractivity contribution is 5.97. The third-order valence-corrected chi connectivity index (χ3v) is 3.51. The van der Waals surface area contributed by atoms with E-state index >= 15 is 0 Å². The molecular formula is C19H24ClNO5. The lowest BCUT2D eigenvalue weighted by atomic mass is 10.0. The molecule has 0 unspecified atom stereocenters. The van der Waals surface area contributed by atoms with Crippen molar-refractivity contribution in [2.45, 2.75) is 32.9 Å². The number of rotatable bonds is 5. The molecule has 0 saturated carbocycles. The van der Waals surface area contributed by atoms with E-state index in [-0.39, 0.29) is 29.1 Å². The van der Waals surface area contributed by atoms with Crippen molar-refractivity contribution in [1.29, 1.82) is 0 Å². The molecule has 7 heteroatoms. The van der Waals surface area contributed by atoms with Gasteiger partial charge in [0.25, 0.3) is 0 Å². The van der Waals surface area contributed by atoms with Gasteiger partial charge in [-0.15, -0.1) is 12.4 Å². The summed E-state index contributed by atoms with van der Waals surface area (Å²) < 4.78 is 15.3. The number of carbonyl (C=O) groups excluding carboxylic acids is 2. The Labute approximate surface area is 159 Å². The van der Waals surface area contributed by atoms with E-state index in [0.717, 1.165) is 5.76 Å². The van der Waals surface area contributed by atoms with Gasteiger partial charge >= 0.3 is 11.9 Å². The van der Waals surface area contributed by atoms with Crippen LogP contribution >= 0.6 is 12.4 Å². The molecule has 0 aliphatic rings. The summed E-state index contributed by atoms with van der Waals surface area (Å²) in [4.78, 5) is 23.7. The van der Waals surface area contributed by atoms with E-state index < -0.39 is 11.9 Å². The largest absolute Gasteiger partial charge is 0.465 e. The molecule has 0 fully saturated rings. The molecule has 0 atom stereocenters. The molecule has 0 aliphatic heterocycles. The predicted molar refractivity (Wildman–Crippen MR) is 101 cm³/mol. The summed E-state index contributed by atoms with van der Waals surface area (Å²) in [6.45, 7) is 6.78. The predicted octanol–water partition coefficient (Wildman–Crippen LogP) is 3.83. The number of benzene rings is 1. The molecule has 0 aliphatic carbocycles. The maximum atomic E-state index is 11.9. The van der Waals surface area contributed by atoms with Crippen LogP contribution in [0.2, 0.25) is 0 Å². The van der Waals surface area contributed by atoms with Crippen LogP contribution in [0, 0.1) is 0 Å². The fourth-order valence-corrected chi connectivity index (χ4v) is 2.22. The van der Waals surface area contributed by atoms with Crippen molar-refractivity contribution in [3.8, 4) is 11.3 Å². The quantitative estimate of drug-likeness (QED) is 0.793. The van der Waals surface area contributed by atoms with Crippen LogP contribution in [0.1, 0.15) is 47.2 Å². The van der Waals surface area contributed by atoms with Crippen molar-refractivity contribution in [2.75, 3.05) is 14.2 Å². The summed E-state index contributed by atoms with van der Waals surface area (Å²) in [7, 11) is 2.58. The number of ether oxygens (including phenoxy) is 2. The van der Waals surface area contributed by atoms with Crippen LogP contribution in [0.15, 0.2) is 34.7 Å². The van der Waals surface area contributed by atoms with Gasteiger partial charge in [0.1, 0.15) is 11.5 Å². The van der Waals surface area contributed by atoms with Crippen LogP contribution in [-0.2, 0) is 16.0 Å². The average Bonchev–Trinajstić information content (AvgIpc) is 3.06. The molecule has 2 rings (SSSR count). The Kier molecular flexibility index (Phi) is 7.41. The molecule has 0 spiro atoms. The van der Waals surface area contributed by atoms with Crippen molar-refractivity contribution < 1.29 is 23.5 Å². The van der Waals surface area contributed by atoms with Crippen molar-refractivity contribution >= 4 is 24.3 Å². The van der Waals surface area contributed by atoms with Crippen molar-refractivity contribution in [3.05, 3.63) is 47.2 Å². The highest BCUT2D eigenvalue weighted by Crippen LogP contribution is 2.26. The number of furan rings is 1. The summed E-state index contributed by atoms with van der Waals surface area (Å²) in [5, 5.41) is 3.34. The normalized spacial score (nSPS) is 10.8. The first kappa shape index (κ1) is 21.7. The smallest absolute Gasteiger partial charge is 0.337 e. The Morgan fingerprint density at radius 1 is 1.00 bits per heavy atom. The summed E-state index contributed by atoms with van der Waals surface area (Å²) in [6.07, 6.45) is 0. The number of hydrogen-bond acceptors (Lipinski definition) is 6. The van der Waals surface area contributed by atoms with E-state index in [2.05, 4.69) is 26.1 Å². The minimum Gasteiger partial charge on any atom is -0.465 e. The lowest BCUT2D eigenvalue weighted by Crippen LogP contribution is -2.34. The first-order valence-corrected chi connectivity index (χ1v) is 7.89. The van der Waals surface area contributed by atoms with Crippen LogP contribution in [0.3, 0.4) is 0 Å². The van der Waals surface area contributed by atoms with Gasteiger partial charge in [-0.25, -0.2) is 9.59 Å². The fourth-order valence-electron chi connectivity index (χ4n) is 2.22. The van der Waals surface area contributed by atoms with Crippen LogP contribution in [-0.4, -0.2) is 31.7 Å². The Balaban J connectivity index is 0.00000338. The molecular weight excluding hydrogens is 358 g/mol. The average molecular weight is 382 g/mol. The molecule has 1 N–H and O–H groups in total. The lowest BCUT2D eigenvalue weighted by molar-refractivity contribution is 0.0599. The molecule has 0 amide bonds. The second-order valence-corrected chi connectivity index (χ2v) is 6.65.